The number of nitrogens with zero attached hydrogens (tertiary/aromatic N) is 2. The van der Waals surface area contributed by atoms with Crippen LogP contribution in [0.3, 0.4) is 0 Å². The van der Waals surface area contributed by atoms with Crippen LogP contribution in [-0.4, -0.2) is 40.0 Å². The fraction of sp³-hybridized carbons (Fsp3) is 0.267. The van der Waals surface area contributed by atoms with Gasteiger partial charge in [0, 0.05) is 18.8 Å². The van der Waals surface area contributed by atoms with Crippen molar-refractivity contribution >= 4 is 11.8 Å². The Balaban J connectivity index is 1.94. The zero-order valence-electron chi connectivity index (χ0n) is 11.7. The number of aromatic nitrogens is 2. The van der Waals surface area contributed by atoms with Crippen molar-refractivity contribution in [3.8, 4) is 0 Å². The first-order chi connectivity index (χ1) is 10.2. The first-order valence-electron chi connectivity index (χ1n) is 6.82. The number of amides is 2. The quantitative estimate of drug-likeness (QED) is 0.864. The second kappa shape index (κ2) is 5.40. The lowest BCUT2D eigenvalue weighted by Gasteiger charge is -2.34. The van der Waals surface area contributed by atoms with Gasteiger partial charge in [0.05, 0.1) is 0 Å². The van der Waals surface area contributed by atoms with Crippen LogP contribution in [0.5, 0.6) is 0 Å². The molecular formula is C15H16N4O2. The molecule has 1 aromatic carbocycles. The summed E-state index contributed by atoms with van der Waals surface area (Å²) in [6.07, 6.45) is 0. The molecule has 1 aliphatic rings. The number of nitrogens with one attached hydrogen (secondary N) is 2. The molecule has 108 valence electrons. The third-order valence-electron chi connectivity index (χ3n) is 3.51. The Bertz CT molecular complexity index is 665. The van der Waals surface area contributed by atoms with E-state index in [2.05, 4.69) is 15.5 Å². The van der Waals surface area contributed by atoms with Crippen molar-refractivity contribution in [1.29, 1.82) is 0 Å². The van der Waals surface area contributed by atoms with Gasteiger partial charge in [-0.25, -0.2) is 0 Å². The fourth-order valence-corrected chi connectivity index (χ4v) is 2.53. The topological polar surface area (TPSA) is 78.1 Å². The molecule has 21 heavy (non-hydrogen) atoms. The molecule has 1 fully saturated rings. The smallest absolute Gasteiger partial charge is 0.275 e. The van der Waals surface area contributed by atoms with Crippen molar-refractivity contribution in [2.45, 2.75) is 13.0 Å². The SMILES string of the molecule is Cc1cc(C(=O)N2CCNC(=O)[C@H]2c2ccccc2)n[nH]1. The Hall–Kier alpha value is -2.63. The van der Waals surface area contributed by atoms with Crippen molar-refractivity contribution in [3.63, 3.8) is 0 Å². The summed E-state index contributed by atoms with van der Waals surface area (Å²) in [6, 6.07) is 10.4. The van der Waals surface area contributed by atoms with Crippen LogP contribution in [0.25, 0.3) is 0 Å². The van der Waals surface area contributed by atoms with Gasteiger partial charge in [-0.1, -0.05) is 30.3 Å². The molecule has 2 aromatic rings. The molecule has 6 nitrogen and oxygen atoms in total. The first kappa shape index (κ1) is 13.4. The van der Waals surface area contributed by atoms with Gasteiger partial charge >= 0.3 is 0 Å². The highest BCUT2D eigenvalue weighted by atomic mass is 16.2. The summed E-state index contributed by atoms with van der Waals surface area (Å²) in [4.78, 5) is 26.4. The molecule has 0 saturated carbocycles. The van der Waals surface area contributed by atoms with Crippen LogP contribution in [0.15, 0.2) is 36.4 Å². The number of carbonyl (C=O) groups is 2. The van der Waals surface area contributed by atoms with Crippen LogP contribution in [-0.2, 0) is 4.79 Å². The number of piperazine rings is 1. The van der Waals surface area contributed by atoms with Gasteiger partial charge in [-0.05, 0) is 18.6 Å². The molecule has 1 saturated heterocycles. The van der Waals surface area contributed by atoms with Gasteiger partial charge < -0.3 is 10.2 Å². The van der Waals surface area contributed by atoms with Gasteiger partial charge in [0.15, 0.2) is 0 Å². The molecule has 2 N–H and O–H groups in total. The van der Waals surface area contributed by atoms with E-state index in [1.807, 2.05) is 37.3 Å². The number of hydrogen-bond acceptors (Lipinski definition) is 3. The zero-order chi connectivity index (χ0) is 14.8. The van der Waals surface area contributed by atoms with E-state index >= 15 is 0 Å². The van der Waals surface area contributed by atoms with Gasteiger partial charge in [-0.2, -0.15) is 5.10 Å². The number of benzene rings is 1. The third-order valence-corrected chi connectivity index (χ3v) is 3.51. The summed E-state index contributed by atoms with van der Waals surface area (Å²) >= 11 is 0. The molecule has 2 heterocycles. The highest BCUT2D eigenvalue weighted by Gasteiger charge is 2.35. The van der Waals surface area contributed by atoms with Crippen molar-refractivity contribution in [2.24, 2.45) is 0 Å². The monoisotopic (exact) mass is 284 g/mol. The Morgan fingerprint density at radius 3 is 2.76 bits per heavy atom. The molecule has 0 radical (unpaired) electrons. The number of aryl methyl sites for hydroxylation is 1. The summed E-state index contributed by atoms with van der Waals surface area (Å²) in [5.41, 5.74) is 1.95. The Labute approximate surface area is 122 Å². The molecule has 0 unspecified atom stereocenters. The number of rotatable bonds is 2. The Morgan fingerprint density at radius 2 is 2.10 bits per heavy atom. The van der Waals surface area contributed by atoms with Gasteiger partial charge in [0.25, 0.3) is 5.91 Å². The van der Waals surface area contributed by atoms with E-state index in [1.165, 1.54) is 0 Å². The lowest BCUT2D eigenvalue weighted by atomic mass is 10.0. The van der Waals surface area contributed by atoms with Crippen molar-refractivity contribution in [2.75, 3.05) is 13.1 Å². The summed E-state index contributed by atoms with van der Waals surface area (Å²) < 4.78 is 0. The van der Waals surface area contributed by atoms with Crippen LogP contribution in [0.1, 0.15) is 27.8 Å². The minimum Gasteiger partial charge on any atom is -0.352 e. The van der Waals surface area contributed by atoms with E-state index in [4.69, 9.17) is 0 Å². The van der Waals surface area contributed by atoms with Crippen LogP contribution >= 0.6 is 0 Å². The molecule has 3 rings (SSSR count). The number of aromatic amines is 1. The zero-order valence-corrected chi connectivity index (χ0v) is 11.7. The lowest BCUT2D eigenvalue weighted by Crippen LogP contribution is -2.52. The van der Waals surface area contributed by atoms with Gasteiger partial charge in [-0.15, -0.1) is 0 Å². The highest BCUT2D eigenvalue weighted by Crippen LogP contribution is 2.24. The fourth-order valence-electron chi connectivity index (χ4n) is 2.53. The van der Waals surface area contributed by atoms with E-state index < -0.39 is 6.04 Å². The number of H-pyrrole nitrogens is 1. The maximum atomic E-state index is 12.6. The molecule has 6 heteroatoms. The van der Waals surface area contributed by atoms with Gasteiger partial charge in [-0.3, -0.25) is 14.7 Å². The van der Waals surface area contributed by atoms with Crippen molar-refractivity contribution in [1.82, 2.24) is 20.4 Å². The van der Waals surface area contributed by atoms with Crippen LogP contribution < -0.4 is 5.32 Å². The van der Waals surface area contributed by atoms with E-state index in [9.17, 15) is 9.59 Å². The lowest BCUT2D eigenvalue weighted by molar-refractivity contribution is -0.128. The van der Waals surface area contributed by atoms with E-state index in [1.54, 1.807) is 11.0 Å². The molecule has 1 atom stereocenters. The molecular weight excluding hydrogens is 268 g/mol. The standard InChI is InChI=1S/C15H16N4O2/c1-10-9-12(18-17-10)15(21)19-8-7-16-14(20)13(19)11-5-3-2-4-6-11/h2-6,9,13H,7-8H2,1H3,(H,16,20)(H,17,18)/t13-/m1/s1. The minimum atomic E-state index is -0.607. The van der Waals surface area contributed by atoms with E-state index in [0.29, 0.717) is 18.8 Å². The largest absolute Gasteiger partial charge is 0.352 e. The summed E-state index contributed by atoms with van der Waals surface area (Å²) in [7, 11) is 0. The maximum absolute atomic E-state index is 12.6. The van der Waals surface area contributed by atoms with Crippen LogP contribution in [0.4, 0.5) is 0 Å². The third kappa shape index (κ3) is 2.52. The summed E-state index contributed by atoms with van der Waals surface area (Å²) in [5, 5.41) is 9.56. The van der Waals surface area contributed by atoms with Crippen molar-refractivity contribution in [3.05, 3.63) is 53.3 Å². The second-order valence-corrected chi connectivity index (χ2v) is 5.04. The Morgan fingerprint density at radius 1 is 1.33 bits per heavy atom. The van der Waals surface area contributed by atoms with E-state index in [0.717, 1.165) is 11.3 Å². The average molecular weight is 284 g/mol. The Kier molecular flexibility index (Phi) is 3.43. The minimum absolute atomic E-state index is 0.159. The summed E-state index contributed by atoms with van der Waals surface area (Å²) in [6.45, 7) is 2.76. The molecule has 1 aromatic heterocycles. The van der Waals surface area contributed by atoms with Gasteiger partial charge in [0.1, 0.15) is 11.7 Å². The number of carbonyl (C=O) groups excluding carboxylic acids is 2. The molecule has 2 amide bonds. The number of hydrogen-bond donors (Lipinski definition) is 2. The van der Waals surface area contributed by atoms with Crippen LogP contribution in [0, 0.1) is 6.92 Å². The predicted octanol–water partition coefficient (Wildman–Crippen LogP) is 1.03. The average Bonchev–Trinajstić information content (AvgIpc) is 2.93. The normalized spacial score (nSPS) is 18.4. The molecule has 0 aliphatic carbocycles. The maximum Gasteiger partial charge on any atom is 0.275 e. The highest BCUT2D eigenvalue weighted by molar-refractivity contribution is 5.97. The van der Waals surface area contributed by atoms with E-state index in [-0.39, 0.29) is 11.8 Å². The predicted molar refractivity (Wildman–Crippen MR) is 76.6 cm³/mol. The molecule has 0 bridgehead atoms. The first-order valence-corrected chi connectivity index (χ1v) is 6.82. The van der Waals surface area contributed by atoms with Crippen molar-refractivity contribution < 1.29 is 9.59 Å². The van der Waals surface area contributed by atoms with Crippen LogP contribution in [0.2, 0.25) is 0 Å². The molecule has 1 aliphatic heterocycles. The summed E-state index contributed by atoms with van der Waals surface area (Å²) in [5.74, 6) is -0.392. The second-order valence-electron chi connectivity index (χ2n) is 5.04. The van der Waals surface area contributed by atoms with Gasteiger partial charge in [0.2, 0.25) is 5.91 Å². The molecule has 0 spiro atoms.